The maximum absolute atomic E-state index is 9.51. The van der Waals surface area contributed by atoms with Crippen LogP contribution >= 0.6 is 0 Å². The van der Waals surface area contributed by atoms with Gasteiger partial charge in [0.05, 0.1) is 18.6 Å². The molecule has 0 bridgehead atoms. The van der Waals surface area contributed by atoms with Crippen LogP contribution in [0.15, 0.2) is 88.1 Å². The molecular weight excluding hydrogens is 786 g/mol. The molecule has 0 unspecified atom stereocenters. The largest absolute Gasteiger partial charge is 0.424 e. The predicted molar refractivity (Wildman–Crippen MR) is 204 cm³/mol. The molecule has 3 aromatic carbocycles. The second-order valence-electron chi connectivity index (χ2n) is 11.9. The number of aliphatic hydroxyl groups is 6. The number of hydrogen-bond donors (Lipinski definition) is 6. The molecule has 6 N–H and O–H groups in total. The Morgan fingerprint density at radius 1 is 0.367 bits per heavy atom. The van der Waals surface area contributed by atoms with E-state index >= 15 is 0 Å². The topological polar surface area (TPSA) is 317 Å². The highest BCUT2D eigenvalue weighted by Gasteiger charge is 2.15. The zero-order valence-electron chi connectivity index (χ0n) is 31.0. The zero-order chi connectivity index (χ0) is 41.8. The van der Waals surface area contributed by atoms with E-state index in [-0.39, 0.29) is 53.0 Å². The highest BCUT2D eigenvalue weighted by molar-refractivity contribution is 5.80. The van der Waals surface area contributed by atoms with Gasteiger partial charge in [-0.25, -0.2) is 0 Å². The monoisotopic (exact) mass is 819 g/mol. The van der Waals surface area contributed by atoms with Crippen LogP contribution in [0.3, 0.4) is 0 Å². The van der Waals surface area contributed by atoms with Gasteiger partial charge in [0.2, 0.25) is 0 Å². The summed E-state index contributed by atoms with van der Waals surface area (Å²) in [5.74, 6) is 1.96. The molecule has 0 atom stereocenters. The maximum atomic E-state index is 9.51. The SMILES string of the molecule is OCc1nnc(CO)n1/N=C\c1ccc(Oc2nc(Oc3ccc(/C=N\n4c(CO)nnc4CO)cc3)nc(Oc3ccc(/C=N\n4c(CO)nnc4CO)cc3)n2)cc1. The molecule has 0 amide bonds. The van der Waals surface area contributed by atoms with Crippen LogP contribution < -0.4 is 14.2 Å². The smallest absolute Gasteiger partial charge is 0.331 e. The lowest BCUT2D eigenvalue weighted by molar-refractivity contribution is 0.255. The first-order valence-electron chi connectivity index (χ1n) is 17.6. The Balaban J connectivity index is 1.10. The molecule has 306 valence electrons. The van der Waals surface area contributed by atoms with Crippen molar-refractivity contribution in [2.45, 2.75) is 39.6 Å². The van der Waals surface area contributed by atoms with Crippen LogP contribution in [-0.2, 0) is 39.6 Å². The highest BCUT2D eigenvalue weighted by atomic mass is 16.5. The summed E-state index contributed by atoms with van der Waals surface area (Å²) in [6.07, 6.45) is 4.46. The summed E-state index contributed by atoms with van der Waals surface area (Å²) in [4.78, 5) is 13.0. The first kappa shape index (κ1) is 40.5. The third-order valence-corrected chi connectivity index (χ3v) is 7.97. The van der Waals surface area contributed by atoms with Crippen molar-refractivity contribution in [3.8, 4) is 35.3 Å². The number of ether oxygens (including phenoxy) is 3. The molecule has 0 radical (unpaired) electrons. The molecule has 4 aromatic heterocycles. The Bertz CT molecular complexity index is 2250. The number of benzene rings is 3. The molecule has 24 heteroatoms. The van der Waals surface area contributed by atoms with Gasteiger partial charge in [0.15, 0.2) is 34.9 Å². The number of aliphatic hydroxyl groups excluding tert-OH is 6. The Morgan fingerprint density at radius 2 is 0.583 bits per heavy atom. The number of rotatable bonds is 18. The van der Waals surface area contributed by atoms with E-state index in [2.05, 4.69) is 60.8 Å². The van der Waals surface area contributed by atoms with E-state index in [9.17, 15) is 30.6 Å². The molecule has 0 aliphatic carbocycles. The predicted octanol–water partition coefficient (Wildman–Crippen LogP) is 0.623. The zero-order valence-corrected chi connectivity index (χ0v) is 31.0. The van der Waals surface area contributed by atoms with Crippen molar-refractivity contribution in [3.63, 3.8) is 0 Å². The fourth-order valence-electron chi connectivity index (χ4n) is 5.05. The normalized spacial score (nSPS) is 11.7. The van der Waals surface area contributed by atoms with Crippen molar-refractivity contribution in [1.82, 2.24) is 59.6 Å². The molecule has 0 saturated carbocycles. The van der Waals surface area contributed by atoms with E-state index in [0.717, 1.165) is 0 Å². The standard InChI is InChI=1S/C36H33N15O9/c52-16-28-43-44-29(17-53)49(28)37-13-22-1-7-25(8-2-22)58-34-40-35(59-26-9-3-23(4-10-26)14-38-50-30(18-54)45-46-31(50)19-55)42-36(41-34)60-27-11-5-24(6-12-27)15-39-51-32(20-56)47-48-33(51)21-57/h1-15,52-57H,16-21H2/b37-13-,38-14-,39-15-. The van der Waals surface area contributed by atoms with E-state index in [1.807, 2.05) is 0 Å². The van der Waals surface area contributed by atoms with Gasteiger partial charge >= 0.3 is 18.0 Å². The summed E-state index contributed by atoms with van der Waals surface area (Å²) in [6.45, 7) is -2.52. The first-order chi connectivity index (χ1) is 29.4. The van der Waals surface area contributed by atoms with Gasteiger partial charge in [-0.3, -0.25) is 0 Å². The van der Waals surface area contributed by atoms with Crippen LogP contribution in [0.1, 0.15) is 51.6 Å². The molecule has 7 aromatic rings. The van der Waals surface area contributed by atoms with Gasteiger partial charge in [0.1, 0.15) is 56.9 Å². The minimum atomic E-state index is -0.421. The molecule has 4 heterocycles. The van der Waals surface area contributed by atoms with Crippen LogP contribution in [0.25, 0.3) is 0 Å². The van der Waals surface area contributed by atoms with Crippen molar-refractivity contribution in [3.05, 3.63) is 124 Å². The van der Waals surface area contributed by atoms with Gasteiger partial charge in [0.25, 0.3) is 0 Å². The van der Waals surface area contributed by atoms with E-state index < -0.39 is 39.6 Å². The lowest BCUT2D eigenvalue weighted by atomic mass is 10.2. The molecule has 0 spiro atoms. The fourth-order valence-corrected chi connectivity index (χ4v) is 5.05. The third kappa shape index (κ3) is 9.68. The molecule has 0 fully saturated rings. The second kappa shape index (κ2) is 19.1. The minimum absolute atomic E-state index is 0.159. The number of aromatic nitrogens is 12. The second-order valence-corrected chi connectivity index (χ2v) is 11.9. The Hall–Kier alpha value is -7.74. The van der Waals surface area contributed by atoms with E-state index in [1.54, 1.807) is 72.8 Å². The summed E-state index contributed by atoms with van der Waals surface area (Å²) in [6, 6.07) is 19.5. The fraction of sp³-hybridized carbons (Fsp3) is 0.167. The van der Waals surface area contributed by atoms with Crippen molar-refractivity contribution < 1.29 is 44.8 Å². The van der Waals surface area contributed by atoms with Gasteiger partial charge < -0.3 is 44.8 Å². The van der Waals surface area contributed by atoms with E-state index in [4.69, 9.17) is 14.2 Å². The summed E-state index contributed by atoms with van der Waals surface area (Å²) >= 11 is 0. The summed E-state index contributed by atoms with van der Waals surface area (Å²) in [7, 11) is 0. The lowest BCUT2D eigenvalue weighted by Gasteiger charge is -2.10. The van der Waals surface area contributed by atoms with Gasteiger partial charge in [-0.2, -0.15) is 29.3 Å². The van der Waals surface area contributed by atoms with Crippen LogP contribution in [-0.4, -0.2) is 109 Å². The van der Waals surface area contributed by atoms with Gasteiger partial charge in [-0.1, -0.05) is 0 Å². The van der Waals surface area contributed by atoms with Crippen molar-refractivity contribution in [2.75, 3.05) is 0 Å². The molecule has 60 heavy (non-hydrogen) atoms. The summed E-state index contributed by atoms with van der Waals surface area (Å²) in [5.41, 5.74) is 1.93. The molecule has 0 aliphatic rings. The van der Waals surface area contributed by atoms with E-state index in [0.29, 0.717) is 33.9 Å². The quantitative estimate of drug-likeness (QED) is 0.0647. The number of hydrogen-bond acceptors (Lipinski definition) is 21. The highest BCUT2D eigenvalue weighted by Crippen LogP contribution is 2.27. The van der Waals surface area contributed by atoms with Crippen LogP contribution in [0.2, 0.25) is 0 Å². The van der Waals surface area contributed by atoms with Crippen molar-refractivity contribution >= 4 is 18.6 Å². The third-order valence-electron chi connectivity index (χ3n) is 7.97. The van der Waals surface area contributed by atoms with Crippen molar-refractivity contribution in [2.24, 2.45) is 15.3 Å². The van der Waals surface area contributed by atoms with Crippen LogP contribution in [0, 0.1) is 0 Å². The van der Waals surface area contributed by atoms with Crippen LogP contribution in [0.4, 0.5) is 0 Å². The van der Waals surface area contributed by atoms with Gasteiger partial charge in [-0.05, 0) is 89.5 Å². The first-order valence-corrected chi connectivity index (χ1v) is 17.6. The average molecular weight is 820 g/mol. The Kier molecular flexibility index (Phi) is 12.9. The summed E-state index contributed by atoms with van der Waals surface area (Å²) < 4.78 is 21.6. The average Bonchev–Trinajstić information content (AvgIpc) is 4.01. The molecule has 24 nitrogen and oxygen atoms in total. The molecule has 7 rings (SSSR count). The minimum Gasteiger partial charge on any atom is -0.424 e. The summed E-state index contributed by atoms with van der Waals surface area (Å²) in [5, 5.41) is 92.6. The Morgan fingerprint density at radius 3 is 0.783 bits per heavy atom. The van der Waals surface area contributed by atoms with Gasteiger partial charge in [0, 0.05) is 0 Å². The molecular formula is C36H33N15O9. The molecule has 0 saturated heterocycles. The van der Waals surface area contributed by atoms with Crippen molar-refractivity contribution in [1.29, 1.82) is 0 Å². The van der Waals surface area contributed by atoms with E-state index in [1.165, 1.54) is 32.7 Å². The van der Waals surface area contributed by atoms with Gasteiger partial charge in [-0.15, -0.1) is 45.5 Å². The Labute approximate surface area is 337 Å². The molecule has 0 aliphatic heterocycles. The van der Waals surface area contributed by atoms with Crippen LogP contribution in [0.5, 0.6) is 35.3 Å². The number of nitrogens with zero attached hydrogens (tertiary/aromatic N) is 15. The lowest BCUT2D eigenvalue weighted by Crippen LogP contribution is -2.03. The maximum Gasteiger partial charge on any atom is 0.331 e.